The van der Waals surface area contributed by atoms with E-state index in [0.29, 0.717) is 6.61 Å². The van der Waals surface area contributed by atoms with Crippen molar-refractivity contribution in [2.24, 2.45) is 0 Å². The second-order valence-corrected chi connectivity index (χ2v) is 4.80. The summed E-state index contributed by atoms with van der Waals surface area (Å²) >= 11 is 1.73. The standard InChI is InChI=1S/C15H16OS/c1-2-7-14(15-10-6-11-17-15)16-12-13-8-4-3-5-9-13/h2-6,8-11,14H,1,7,12H2. The van der Waals surface area contributed by atoms with Gasteiger partial charge in [0.05, 0.1) is 12.7 Å². The van der Waals surface area contributed by atoms with Crippen LogP contribution >= 0.6 is 11.3 Å². The van der Waals surface area contributed by atoms with Crippen LogP contribution in [0.25, 0.3) is 0 Å². The Morgan fingerprint density at radius 3 is 2.65 bits per heavy atom. The third-order valence-corrected chi connectivity index (χ3v) is 3.50. The summed E-state index contributed by atoms with van der Waals surface area (Å²) in [4.78, 5) is 1.26. The highest BCUT2D eigenvalue weighted by Gasteiger charge is 2.11. The van der Waals surface area contributed by atoms with Crippen LogP contribution in [0.15, 0.2) is 60.5 Å². The molecular formula is C15H16OS. The molecule has 0 spiro atoms. The number of rotatable bonds is 6. The van der Waals surface area contributed by atoms with Gasteiger partial charge in [0.25, 0.3) is 0 Å². The van der Waals surface area contributed by atoms with Gasteiger partial charge in [0.15, 0.2) is 0 Å². The fourth-order valence-corrected chi connectivity index (χ4v) is 2.45. The van der Waals surface area contributed by atoms with Gasteiger partial charge in [-0.15, -0.1) is 17.9 Å². The van der Waals surface area contributed by atoms with E-state index in [2.05, 4.69) is 36.2 Å². The maximum absolute atomic E-state index is 5.95. The summed E-state index contributed by atoms with van der Waals surface area (Å²) in [5, 5.41) is 2.08. The Morgan fingerprint density at radius 2 is 2.00 bits per heavy atom. The summed E-state index contributed by atoms with van der Waals surface area (Å²) in [5.41, 5.74) is 1.21. The van der Waals surface area contributed by atoms with Crippen LogP contribution in [-0.4, -0.2) is 0 Å². The first-order valence-electron chi connectivity index (χ1n) is 5.70. The first kappa shape index (κ1) is 12.1. The average Bonchev–Trinajstić information content (AvgIpc) is 2.89. The molecule has 2 rings (SSSR count). The van der Waals surface area contributed by atoms with Gasteiger partial charge in [0.1, 0.15) is 0 Å². The molecule has 1 atom stereocenters. The second kappa shape index (κ2) is 6.38. The number of benzene rings is 1. The average molecular weight is 244 g/mol. The number of hydrogen-bond acceptors (Lipinski definition) is 2. The van der Waals surface area contributed by atoms with Gasteiger partial charge >= 0.3 is 0 Å². The van der Waals surface area contributed by atoms with Crippen molar-refractivity contribution in [1.82, 2.24) is 0 Å². The molecule has 0 aliphatic carbocycles. The van der Waals surface area contributed by atoms with Crippen molar-refractivity contribution in [1.29, 1.82) is 0 Å². The van der Waals surface area contributed by atoms with Crippen LogP contribution in [0.5, 0.6) is 0 Å². The molecule has 2 heteroatoms. The van der Waals surface area contributed by atoms with Crippen molar-refractivity contribution in [2.45, 2.75) is 19.1 Å². The summed E-state index contributed by atoms with van der Waals surface area (Å²) in [5.74, 6) is 0. The first-order chi connectivity index (χ1) is 8.40. The highest BCUT2D eigenvalue weighted by Crippen LogP contribution is 2.26. The lowest BCUT2D eigenvalue weighted by molar-refractivity contribution is 0.0441. The lowest BCUT2D eigenvalue weighted by Gasteiger charge is -2.14. The zero-order chi connectivity index (χ0) is 11.9. The molecular weight excluding hydrogens is 228 g/mol. The minimum absolute atomic E-state index is 0.132. The normalized spacial score (nSPS) is 12.2. The van der Waals surface area contributed by atoms with Crippen LogP contribution < -0.4 is 0 Å². The molecule has 0 radical (unpaired) electrons. The third kappa shape index (κ3) is 3.55. The topological polar surface area (TPSA) is 9.23 Å². The summed E-state index contributed by atoms with van der Waals surface area (Å²) in [6.45, 7) is 4.44. The molecule has 17 heavy (non-hydrogen) atoms. The van der Waals surface area contributed by atoms with Crippen LogP contribution in [-0.2, 0) is 11.3 Å². The molecule has 1 aromatic carbocycles. The Balaban J connectivity index is 1.97. The van der Waals surface area contributed by atoms with E-state index in [1.165, 1.54) is 10.4 Å². The van der Waals surface area contributed by atoms with Gasteiger partial charge in [-0.25, -0.2) is 0 Å². The molecule has 0 amide bonds. The van der Waals surface area contributed by atoms with Gasteiger partial charge in [0, 0.05) is 4.88 Å². The Hall–Kier alpha value is -1.38. The number of thiophene rings is 1. The molecule has 1 unspecified atom stereocenters. The minimum Gasteiger partial charge on any atom is -0.368 e. The van der Waals surface area contributed by atoms with E-state index in [0.717, 1.165) is 6.42 Å². The SMILES string of the molecule is C=CCC(OCc1ccccc1)c1cccs1. The largest absolute Gasteiger partial charge is 0.368 e. The zero-order valence-corrected chi connectivity index (χ0v) is 10.5. The first-order valence-corrected chi connectivity index (χ1v) is 6.58. The van der Waals surface area contributed by atoms with E-state index in [1.54, 1.807) is 11.3 Å². The molecule has 1 nitrogen and oxygen atoms in total. The zero-order valence-electron chi connectivity index (χ0n) is 9.71. The van der Waals surface area contributed by atoms with Gasteiger partial charge in [-0.05, 0) is 23.4 Å². The fourth-order valence-electron chi connectivity index (χ4n) is 1.66. The summed E-state index contributed by atoms with van der Waals surface area (Å²) in [6.07, 6.45) is 2.90. The van der Waals surface area contributed by atoms with Crippen molar-refractivity contribution in [3.63, 3.8) is 0 Å². The van der Waals surface area contributed by atoms with Gasteiger partial charge in [-0.1, -0.05) is 42.5 Å². The summed E-state index contributed by atoms with van der Waals surface area (Å²) < 4.78 is 5.95. The molecule has 1 aromatic heterocycles. The maximum atomic E-state index is 5.95. The molecule has 2 aromatic rings. The molecule has 0 bridgehead atoms. The van der Waals surface area contributed by atoms with Crippen molar-refractivity contribution in [3.05, 3.63) is 70.9 Å². The Bertz CT molecular complexity index is 433. The molecule has 0 fully saturated rings. The fraction of sp³-hybridized carbons (Fsp3) is 0.200. The molecule has 0 aliphatic heterocycles. The van der Waals surface area contributed by atoms with Gasteiger partial charge < -0.3 is 4.74 Å². The number of ether oxygens (including phenoxy) is 1. The highest BCUT2D eigenvalue weighted by atomic mass is 32.1. The van der Waals surface area contributed by atoms with Crippen molar-refractivity contribution in [2.75, 3.05) is 0 Å². The third-order valence-electron chi connectivity index (χ3n) is 2.54. The van der Waals surface area contributed by atoms with Gasteiger partial charge in [-0.2, -0.15) is 0 Å². The lowest BCUT2D eigenvalue weighted by Crippen LogP contribution is -2.01. The Labute approximate surface area is 106 Å². The highest BCUT2D eigenvalue weighted by molar-refractivity contribution is 7.10. The van der Waals surface area contributed by atoms with Crippen LogP contribution in [0.4, 0.5) is 0 Å². The Kier molecular flexibility index (Phi) is 4.54. The Morgan fingerprint density at radius 1 is 1.18 bits per heavy atom. The van der Waals surface area contributed by atoms with E-state index in [4.69, 9.17) is 4.74 Å². The van der Waals surface area contributed by atoms with E-state index < -0.39 is 0 Å². The molecule has 0 N–H and O–H groups in total. The van der Waals surface area contributed by atoms with E-state index >= 15 is 0 Å². The van der Waals surface area contributed by atoms with Crippen molar-refractivity contribution in [3.8, 4) is 0 Å². The van der Waals surface area contributed by atoms with Gasteiger partial charge in [-0.3, -0.25) is 0 Å². The molecule has 88 valence electrons. The molecule has 1 heterocycles. The number of hydrogen-bond donors (Lipinski definition) is 0. The van der Waals surface area contributed by atoms with Gasteiger partial charge in [0.2, 0.25) is 0 Å². The van der Waals surface area contributed by atoms with Crippen molar-refractivity contribution >= 4 is 11.3 Å². The van der Waals surface area contributed by atoms with Crippen LogP contribution in [0.1, 0.15) is 23.0 Å². The van der Waals surface area contributed by atoms with Crippen LogP contribution in [0.3, 0.4) is 0 Å². The van der Waals surface area contributed by atoms with E-state index in [9.17, 15) is 0 Å². The molecule has 0 saturated heterocycles. The summed E-state index contributed by atoms with van der Waals surface area (Å²) in [7, 11) is 0. The molecule has 0 aliphatic rings. The molecule has 0 saturated carbocycles. The van der Waals surface area contributed by atoms with Crippen molar-refractivity contribution < 1.29 is 4.74 Å². The quantitative estimate of drug-likeness (QED) is 0.676. The smallest absolute Gasteiger partial charge is 0.0955 e. The minimum atomic E-state index is 0.132. The van der Waals surface area contributed by atoms with E-state index in [1.807, 2.05) is 24.3 Å². The predicted octanol–water partition coefficient (Wildman–Crippen LogP) is 4.58. The lowest BCUT2D eigenvalue weighted by atomic mass is 10.2. The maximum Gasteiger partial charge on any atom is 0.0955 e. The summed E-state index contributed by atoms with van der Waals surface area (Å²) in [6, 6.07) is 14.4. The van der Waals surface area contributed by atoms with E-state index in [-0.39, 0.29) is 6.10 Å². The second-order valence-electron chi connectivity index (χ2n) is 3.83. The van der Waals surface area contributed by atoms with Crippen LogP contribution in [0, 0.1) is 0 Å². The predicted molar refractivity (Wildman–Crippen MR) is 73.1 cm³/mol. The monoisotopic (exact) mass is 244 g/mol. The van der Waals surface area contributed by atoms with Crippen LogP contribution in [0.2, 0.25) is 0 Å².